The van der Waals surface area contributed by atoms with Crippen LogP contribution >= 0.6 is 15.9 Å². The Hall–Kier alpha value is -1.19. The molecule has 1 nitrogen and oxygen atoms in total. The number of hydrogen-bond acceptors (Lipinski definition) is 1. The Balaban J connectivity index is 2.16. The molecule has 94 valence electrons. The van der Waals surface area contributed by atoms with Crippen LogP contribution in [0.2, 0.25) is 0 Å². The summed E-state index contributed by atoms with van der Waals surface area (Å²) in [7, 11) is 0. The lowest BCUT2D eigenvalue weighted by Crippen LogP contribution is -2.02. The van der Waals surface area contributed by atoms with Crippen LogP contribution in [0.5, 0.6) is 0 Å². The van der Waals surface area contributed by atoms with E-state index in [1.807, 2.05) is 25.1 Å². The summed E-state index contributed by atoms with van der Waals surface area (Å²) in [6.45, 7) is 1.98. The molecule has 0 saturated heterocycles. The Kier molecular flexibility index (Phi) is 4.15. The highest BCUT2D eigenvalue weighted by molar-refractivity contribution is 9.10. The minimum absolute atomic E-state index is 0.258. The van der Waals surface area contributed by atoms with Crippen molar-refractivity contribution in [3.8, 4) is 0 Å². The molecule has 0 saturated carbocycles. The molecule has 2 aromatic carbocycles. The second-order valence-electron chi connectivity index (χ2n) is 4.41. The van der Waals surface area contributed by atoms with Crippen LogP contribution in [0.1, 0.15) is 22.8 Å². The van der Waals surface area contributed by atoms with Gasteiger partial charge in [0.1, 0.15) is 5.82 Å². The van der Waals surface area contributed by atoms with Crippen molar-refractivity contribution < 1.29 is 9.50 Å². The largest absolute Gasteiger partial charge is 0.388 e. The highest BCUT2D eigenvalue weighted by atomic mass is 79.9. The fraction of sp³-hybridized carbons (Fsp3) is 0.200. The van der Waals surface area contributed by atoms with E-state index in [2.05, 4.69) is 15.9 Å². The first-order chi connectivity index (χ1) is 8.54. The molecular formula is C15H14BrFO. The minimum atomic E-state index is -0.577. The molecule has 0 heterocycles. The summed E-state index contributed by atoms with van der Waals surface area (Å²) in [6, 6.07) is 12.1. The van der Waals surface area contributed by atoms with E-state index >= 15 is 0 Å². The Labute approximate surface area is 114 Å². The number of benzene rings is 2. The summed E-state index contributed by atoms with van der Waals surface area (Å²) < 4.78 is 13.7. The second kappa shape index (κ2) is 5.63. The molecule has 0 spiro atoms. The lowest BCUT2D eigenvalue weighted by molar-refractivity contribution is 0.178. The topological polar surface area (TPSA) is 20.2 Å². The van der Waals surface area contributed by atoms with Gasteiger partial charge in [-0.1, -0.05) is 34.1 Å². The Morgan fingerprint density at radius 2 is 1.83 bits per heavy atom. The zero-order valence-corrected chi connectivity index (χ0v) is 11.6. The average molecular weight is 309 g/mol. The number of aliphatic hydroxyl groups is 1. The lowest BCUT2D eigenvalue weighted by atomic mass is 10.00. The van der Waals surface area contributed by atoms with E-state index in [9.17, 15) is 9.50 Å². The fourth-order valence-electron chi connectivity index (χ4n) is 1.92. The van der Waals surface area contributed by atoms with Gasteiger partial charge in [0.25, 0.3) is 0 Å². The number of hydrogen-bond donors (Lipinski definition) is 1. The summed E-state index contributed by atoms with van der Waals surface area (Å²) in [6.07, 6.45) is -0.0949. The molecule has 0 radical (unpaired) electrons. The van der Waals surface area contributed by atoms with E-state index in [-0.39, 0.29) is 5.82 Å². The number of halogens is 2. The van der Waals surface area contributed by atoms with Crippen LogP contribution in [0.3, 0.4) is 0 Å². The van der Waals surface area contributed by atoms with Crippen LogP contribution in [-0.4, -0.2) is 5.11 Å². The fourth-order valence-corrected chi connectivity index (χ4v) is 2.54. The van der Waals surface area contributed by atoms with E-state index in [0.717, 1.165) is 21.2 Å². The molecule has 0 aromatic heterocycles. The smallest absolute Gasteiger partial charge is 0.123 e. The molecule has 3 heteroatoms. The van der Waals surface area contributed by atoms with Gasteiger partial charge in [-0.25, -0.2) is 4.39 Å². The van der Waals surface area contributed by atoms with Gasteiger partial charge in [-0.2, -0.15) is 0 Å². The van der Waals surface area contributed by atoms with Crippen LogP contribution in [0.25, 0.3) is 0 Å². The highest BCUT2D eigenvalue weighted by Gasteiger charge is 2.10. The Morgan fingerprint density at radius 1 is 1.17 bits per heavy atom. The van der Waals surface area contributed by atoms with E-state index in [1.54, 1.807) is 12.1 Å². The quantitative estimate of drug-likeness (QED) is 0.902. The van der Waals surface area contributed by atoms with Crippen LogP contribution in [0.15, 0.2) is 46.9 Å². The molecular weight excluding hydrogens is 295 g/mol. The lowest BCUT2D eigenvalue weighted by Gasteiger charge is -2.12. The molecule has 1 N–H and O–H groups in total. The van der Waals surface area contributed by atoms with Crippen molar-refractivity contribution in [2.45, 2.75) is 19.4 Å². The van der Waals surface area contributed by atoms with Crippen LogP contribution in [-0.2, 0) is 6.42 Å². The summed E-state index contributed by atoms with van der Waals surface area (Å²) in [5.41, 5.74) is 2.88. The third-order valence-electron chi connectivity index (χ3n) is 2.79. The van der Waals surface area contributed by atoms with Gasteiger partial charge in [0.05, 0.1) is 6.10 Å². The van der Waals surface area contributed by atoms with Crippen molar-refractivity contribution in [3.05, 3.63) is 69.4 Å². The third kappa shape index (κ3) is 3.40. The van der Waals surface area contributed by atoms with Gasteiger partial charge in [-0.05, 0) is 47.9 Å². The minimum Gasteiger partial charge on any atom is -0.388 e. The third-order valence-corrected chi connectivity index (χ3v) is 3.25. The standard InChI is InChI=1S/C15H14BrFO/c1-10-6-12(9-13(16)7-10)15(18)8-11-2-4-14(17)5-3-11/h2-7,9,15,18H,8H2,1H3. The zero-order valence-electron chi connectivity index (χ0n) is 10.0. The summed E-state index contributed by atoms with van der Waals surface area (Å²) in [4.78, 5) is 0. The number of aliphatic hydroxyl groups excluding tert-OH is 1. The molecule has 0 aliphatic heterocycles. The van der Waals surface area contributed by atoms with Crippen molar-refractivity contribution in [3.63, 3.8) is 0 Å². The van der Waals surface area contributed by atoms with Crippen molar-refractivity contribution in [1.29, 1.82) is 0 Å². The second-order valence-corrected chi connectivity index (χ2v) is 5.32. The van der Waals surface area contributed by atoms with Crippen molar-refractivity contribution in [1.82, 2.24) is 0 Å². The van der Waals surface area contributed by atoms with Crippen molar-refractivity contribution >= 4 is 15.9 Å². The first-order valence-electron chi connectivity index (χ1n) is 5.74. The highest BCUT2D eigenvalue weighted by Crippen LogP contribution is 2.23. The Bertz CT molecular complexity index is 516. The first kappa shape index (κ1) is 13.2. The molecule has 0 amide bonds. The molecule has 1 unspecified atom stereocenters. The predicted molar refractivity (Wildman–Crippen MR) is 73.9 cm³/mol. The predicted octanol–water partition coefficient (Wildman–Crippen LogP) is 4.17. The van der Waals surface area contributed by atoms with Crippen molar-refractivity contribution in [2.24, 2.45) is 0 Å². The summed E-state index contributed by atoms with van der Waals surface area (Å²) >= 11 is 3.42. The summed E-state index contributed by atoms with van der Waals surface area (Å²) in [5.74, 6) is -0.258. The zero-order chi connectivity index (χ0) is 13.1. The van der Waals surface area contributed by atoms with Gasteiger partial charge in [-0.15, -0.1) is 0 Å². The van der Waals surface area contributed by atoms with Gasteiger partial charge in [0, 0.05) is 10.9 Å². The van der Waals surface area contributed by atoms with Crippen LogP contribution in [0.4, 0.5) is 4.39 Å². The maximum Gasteiger partial charge on any atom is 0.123 e. The van der Waals surface area contributed by atoms with Gasteiger partial charge in [0.15, 0.2) is 0 Å². The average Bonchev–Trinajstić information content (AvgIpc) is 2.31. The van der Waals surface area contributed by atoms with Crippen LogP contribution in [0, 0.1) is 12.7 Å². The molecule has 1 atom stereocenters. The summed E-state index contributed by atoms with van der Waals surface area (Å²) in [5, 5.41) is 10.2. The Morgan fingerprint density at radius 3 is 2.44 bits per heavy atom. The van der Waals surface area contributed by atoms with Gasteiger partial charge >= 0.3 is 0 Å². The molecule has 18 heavy (non-hydrogen) atoms. The normalized spacial score (nSPS) is 12.4. The SMILES string of the molecule is Cc1cc(Br)cc(C(O)Cc2ccc(F)cc2)c1. The molecule has 0 aliphatic carbocycles. The molecule has 2 aromatic rings. The van der Waals surface area contributed by atoms with Gasteiger partial charge < -0.3 is 5.11 Å². The molecule has 2 rings (SSSR count). The van der Waals surface area contributed by atoms with Gasteiger partial charge in [-0.3, -0.25) is 0 Å². The molecule has 0 aliphatic rings. The molecule has 0 fully saturated rings. The maximum atomic E-state index is 12.8. The van der Waals surface area contributed by atoms with Crippen LogP contribution < -0.4 is 0 Å². The number of rotatable bonds is 3. The van der Waals surface area contributed by atoms with Crippen molar-refractivity contribution in [2.75, 3.05) is 0 Å². The van der Waals surface area contributed by atoms with E-state index in [1.165, 1.54) is 12.1 Å². The van der Waals surface area contributed by atoms with Gasteiger partial charge in [0.2, 0.25) is 0 Å². The van der Waals surface area contributed by atoms with E-state index < -0.39 is 6.10 Å². The monoisotopic (exact) mass is 308 g/mol. The van der Waals surface area contributed by atoms with E-state index in [0.29, 0.717) is 6.42 Å². The number of aryl methyl sites for hydroxylation is 1. The van der Waals surface area contributed by atoms with E-state index in [4.69, 9.17) is 0 Å². The first-order valence-corrected chi connectivity index (χ1v) is 6.53. The maximum absolute atomic E-state index is 12.8. The molecule has 0 bridgehead atoms.